The van der Waals surface area contributed by atoms with E-state index in [4.69, 9.17) is 20.8 Å². The SMILES string of the molecule is Cc1nn(Cc2ccccc2)c(Cl)c1C(=O)OCC(=O)c1cc2ccccc2o1. The van der Waals surface area contributed by atoms with Crippen LogP contribution in [0.1, 0.15) is 32.2 Å². The van der Waals surface area contributed by atoms with E-state index in [0.29, 0.717) is 17.8 Å². The Labute approximate surface area is 171 Å². The van der Waals surface area contributed by atoms with Gasteiger partial charge in [0.05, 0.1) is 12.2 Å². The van der Waals surface area contributed by atoms with Crippen molar-refractivity contribution in [3.05, 3.63) is 88.4 Å². The van der Waals surface area contributed by atoms with Crippen molar-refractivity contribution in [3.8, 4) is 0 Å². The fourth-order valence-electron chi connectivity index (χ4n) is 3.04. The zero-order valence-corrected chi connectivity index (χ0v) is 16.3. The van der Waals surface area contributed by atoms with Crippen LogP contribution in [0.5, 0.6) is 0 Å². The lowest BCUT2D eigenvalue weighted by Gasteiger charge is -2.04. The van der Waals surface area contributed by atoms with Crippen molar-refractivity contribution in [2.24, 2.45) is 0 Å². The summed E-state index contributed by atoms with van der Waals surface area (Å²) in [6, 6.07) is 18.5. The second-order valence-corrected chi connectivity index (χ2v) is 6.90. The van der Waals surface area contributed by atoms with E-state index in [2.05, 4.69) is 5.10 Å². The van der Waals surface area contributed by atoms with Crippen molar-refractivity contribution in [3.63, 3.8) is 0 Å². The highest BCUT2D eigenvalue weighted by atomic mass is 35.5. The molecule has 2 aromatic heterocycles. The van der Waals surface area contributed by atoms with Crippen LogP contribution in [0.3, 0.4) is 0 Å². The molecule has 0 N–H and O–H groups in total. The molecule has 0 spiro atoms. The number of esters is 1. The van der Waals surface area contributed by atoms with Crippen molar-refractivity contribution in [1.29, 1.82) is 0 Å². The van der Waals surface area contributed by atoms with Gasteiger partial charge in [0.15, 0.2) is 12.4 Å². The zero-order valence-electron chi connectivity index (χ0n) is 15.6. The number of hydrogen-bond donors (Lipinski definition) is 0. The van der Waals surface area contributed by atoms with Gasteiger partial charge in [-0.1, -0.05) is 60.1 Å². The molecule has 4 aromatic rings. The van der Waals surface area contributed by atoms with Crippen LogP contribution in [0, 0.1) is 6.92 Å². The Kier molecular flexibility index (Phi) is 5.18. The molecule has 0 amide bonds. The fraction of sp³-hybridized carbons (Fsp3) is 0.136. The van der Waals surface area contributed by atoms with Gasteiger partial charge < -0.3 is 9.15 Å². The molecule has 0 saturated heterocycles. The number of aromatic nitrogens is 2. The minimum Gasteiger partial charge on any atom is -0.453 e. The summed E-state index contributed by atoms with van der Waals surface area (Å²) in [5, 5.41) is 5.30. The van der Waals surface area contributed by atoms with Crippen LogP contribution in [0.2, 0.25) is 5.15 Å². The van der Waals surface area contributed by atoms with E-state index in [-0.39, 0.29) is 16.5 Å². The van der Waals surface area contributed by atoms with Gasteiger partial charge in [-0.25, -0.2) is 9.48 Å². The number of ether oxygens (including phenoxy) is 1. The summed E-state index contributed by atoms with van der Waals surface area (Å²) in [6.45, 7) is 1.65. The molecule has 0 unspecified atom stereocenters. The first-order valence-electron chi connectivity index (χ1n) is 8.98. The number of hydrogen-bond acceptors (Lipinski definition) is 5. The van der Waals surface area contributed by atoms with Gasteiger partial charge in [0, 0.05) is 5.39 Å². The molecule has 29 heavy (non-hydrogen) atoms. The van der Waals surface area contributed by atoms with E-state index in [9.17, 15) is 9.59 Å². The van der Waals surface area contributed by atoms with Gasteiger partial charge >= 0.3 is 5.97 Å². The Morgan fingerprint density at radius 1 is 1.10 bits per heavy atom. The van der Waals surface area contributed by atoms with Gasteiger partial charge in [-0.3, -0.25) is 4.79 Å². The normalized spacial score (nSPS) is 11.0. The smallest absolute Gasteiger partial charge is 0.343 e. The molecule has 0 aliphatic carbocycles. The van der Waals surface area contributed by atoms with E-state index >= 15 is 0 Å². The lowest BCUT2D eigenvalue weighted by molar-refractivity contribution is 0.0467. The van der Waals surface area contributed by atoms with Crippen molar-refractivity contribution in [2.75, 3.05) is 6.61 Å². The Morgan fingerprint density at radius 2 is 1.83 bits per heavy atom. The van der Waals surface area contributed by atoms with Gasteiger partial charge in [-0.15, -0.1) is 0 Å². The Hall–Kier alpha value is -3.38. The molecule has 0 aliphatic rings. The number of ketones is 1. The summed E-state index contributed by atoms with van der Waals surface area (Å²) < 4.78 is 12.2. The van der Waals surface area contributed by atoms with Crippen LogP contribution in [0.25, 0.3) is 11.0 Å². The molecule has 0 fully saturated rings. The van der Waals surface area contributed by atoms with Gasteiger partial charge in [-0.2, -0.15) is 5.10 Å². The molecule has 2 heterocycles. The average molecular weight is 409 g/mol. The summed E-state index contributed by atoms with van der Waals surface area (Å²) in [5.74, 6) is -0.988. The van der Waals surface area contributed by atoms with Crippen LogP contribution < -0.4 is 0 Å². The van der Waals surface area contributed by atoms with Gasteiger partial charge in [0.2, 0.25) is 5.78 Å². The summed E-state index contributed by atoms with van der Waals surface area (Å²) in [7, 11) is 0. The standard InChI is InChI=1S/C22H17ClN2O4/c1-14-20(21(23)25(24-14)12-15-7-3-2-4-8-15)22(27)28-13-17(26)19-11-16-9-5-6-10-18(16)29-19/h2-11H,12-13H2,1H3. The highest BCUT2D eigenvalue weighted by Gasteiger charge is 2.23. The molecule has 0 aliphatic heterocycles. The number of rotatable bonds is 6. The third-order valence-corrected chi connectivity index (χ3v) is 4.86. The first-order valence-corrected chi connectivity index (χ1v) is 9.36. The molecule has 2 aromatic carbocycles. The maximum Gasteiger partial charge on any atom is 0.343 e. The van der Waals surface area contributed by atoms with Crippen molar-refractivity contribution < 1.29 is 18.7 Å². The van der Waals surface area contributed by atoms with E-state index in [1.807, 2.05) is 48.5 Å². The molecule has 4 rings (SSSR count). The number of Topliss-reactive ketones (excluding diaryl/α,β-unsaturated/α-hetero) is 1. The maximum absolute atomic E-state index is 12.5. The number of para-hydroxylation sites is 1. The van der Waals surface area contributed by atoms with E-state index in [0.717, 1.165) is 10.9 Å². The van der Waals surface area contributed by atoms with Crippen molar-refractivity contribution in [1.82, 2.24) is 9.78 Å². The molecule has 0 bridgehead atoms. The maximum atomic E-state index is 12.5. The number of nitrogens with zero attached hydrogens (tertiary/aromatic N) is 2. The number of carbonyl (C=O) groups excluding carboxylic acids is 2. The molecule has 6 nitrogen and oxygen atoms in total. The van der Waals surface area contributed by atoms with Gasteiger partial charge in [0.1, 0.15) is 16.3 Å². The van der Waals surface area contributed by atoms with Crippen LogP contribution in [0.4, 0.5) is 0 Å². The quantitative estimate of drug-likeness (QED) is 0.342. The molecule has 0 saturated carbocycles. The van der Waals surface area contributed by atoms with Gasteiger partial charge in [-0.05, 0) is 24.6 Å². The summed E-state index contributed by atoms with van der Waals surface area (Å²) in [6.07, 6.45) is 0. The van der Waals surface area contributed by atoms with Crippen LogP contribution in [0.15, 0.2) is 65.1 Å². The second-order valence-electron chi connectivity index (χ2n) is 6.54. The molecule has 146 valence electrons. The Balaban J connectivity index is 1.46. The van der Waals surface area contributed by atoms with Crippen LogP contribution >= 0.6 is 11.6 Å². The first kappa shape index (κ1) is 19.0. The predicted octanol–water partition coefficient (Wildman–Crippen LogP) is 4.68. The van der Waals surface area contributed by atoms with Crippen molar-refractivity contribution >= 4 is 34.3 Å². The van der Waals surface area contributed by atoms with Crippen LogP contribution in [-0.2, 0) is 11.3 Å². The number of carbonyl (C=O) groups is 2. The molecular weight excluding hydrogens is 392 g/mol. The van der Waals surface area contributed by atoms with E-state index in [1.54, 1.807) is 19.1 Å². The lowest BCUT2D eigenvalue weighted by Crippen LogP contribution is -2.14. The molecular formula is C22H17ClN2O4. The monoisotopic (exact) mass is 408 g/mol. The van der Waals surface area contributed by atoms with E-state index < -0.39 is 18.4 Å². The van der Waals surface area contributed by atoms with Crippen LogP contribution in [-0.4, -0.2) is 28.1 Å². The van der Waals surface area contributed by atoms with Gasteiger partial charge in [0.25, 0.3) is 0 Å². The summed E-state index contributed by atoms with van der Waals surface area (Å²) in [4.78, 5) is 24.9. The summed E-state index contributed by atoms with van der Waals surface area (Å²) in [5.41, 5.74) is 2.19. The molecule has 0 radical (unpaired) electrons. The predicted molar refractivity (Wildman–Crippen MR) is 108 cm³/mol. The topological polar surface area (TPSA) is 74.3 Å². The third kappa shape index (κ3) is 3.93. The highest BCUT2D eigenvalue weighted by molar-refractivity contribution is 6.32. The zero-order chi connectivity index (χ0) is 20.4. The fourth-order valence-corrected chi connectivity index (χ4v) is 3.35. The molecule has 7 heteroatoms. The minimum atomic E-state index is -0.698. The molecule has 0 atom stereocenters. The lowest BCUT2D eigenvalue weighted by atomic mass is 10.2. The highest BCUT2D eigenvalue weighted by Crippen LogP contribution is 2.23. The number of benzene rings is 2. The second kappa shape index (κ2) is 7.93. The van der Waals surface area contributed by atoms with Crippen molar-refractivity contribution in [2.45, 2.75) is 13.5 Å². The number of halogens is 1. The number of aryl methyl sites for hydroxylation is 1. The minimum absolute atomic E-state index is 0.140. The Morgan fingerprint density at radius 3 is 2.59 bits per heavy atom. The summed E-state index contributed by atoms with van der Waals surface area (Å²) >= 11 is 6.36. The number of fused-ring (bicyclic) bond motifs is 1. The Bertz CT molecular complexity index is 1160. The third-order valence-electron chi connectivity index (χ3n) is 4.48. The average Bonchev–Trinajstić information content (AvgIpc) is 3.27. The largest absolute Gasteiger partial charge is 0.453 e. The van der Waals surface area contributed by atoms with E-state index in [1.165, 1.54) is 4.68 Å². The first-order chi connectivity index (χ1) is 14.0. The number of furan rings is 1.